The Labute approximate surface area is 109 Å². The standard InChI is InChI=1S/C15H21NO2/c1-11-5-6-14(12(2)9-11)7-8-16(4)15(18)10-13(3)17/h5-6,9H,7-8,10H2,1-4H3. The van der Waals surface area contributed by atoms with Crippen LogP contribution in [0.25, 0.3) is 0 Å². The molecule has 1 rings (SSSR count). The first-order valence-electron chi connectivity index (χ1n) is 6.19. The lowest BCUT2D eigenvalue weighted by Crippen LogP contribution is -2.30. The number of nitrogens with zero attached hydrogens (tertiary/aromatic N) is 1. The van der Waals surface area contributed by atoms with Crippen LogP contribution in [0.1, 0.15) is 30.0 Å². The zero-order valence-electron chi connectivity index (χ0n) is 11.6. The van der Waals surface area contributed by atoms with E-state index in [-0.39, 0.29) is 18.1 Å². The van der Waals surface area contributed by atoms with E-state index in [0.29, 0.717) is 6.54 Å². The molecule has 98 valence electrons. The van der Waals surface area contributed by atoms with Crippen molar-refractivity contribution in [2.24, 2.45) is 0 Å². The fourth-order valence-electron chi connectivity index (χ4n) is 1.89. The van der Waals surface area contributed by atoms with E-state index in [1.54, 1.807) is 11.9 Å². The zero-order chi connectivity index (χ0) is 13.7. The van der Waals surface area contributed by atoms with Gasteiger partial charge in [0.2, 0.25) is 5.91 Å². The molecule has 18 heavy (non-hydrogen) atoms. The first kappa shape index (κ1) is 14.4. The second-order valence-electron chi connectivity index (χ2n) is 4.87. The Morgan fingerprint density at radius 3 is 2.44 bits per heavy atom. The number of Topliss-reactive ketones (excluding diaryl/α,β-unsaturated/α-hetero) is 1. The fraction of sp³-hybridized carbons (Fsp3) is 0.467. The predicted octanol–water partition coefficient (Wildman–Crippen LogP) is 2.28. The second-order valence-corrected chi connectivity index (χ2v) is 4.87. The molecule has 1 amide bonds. The Morgan fingerprint density at radius 1 is 1.22 bits per heavy atom. The van der Waals surface area contributed by atoms with Gasteiger partial charge in [-0.3, -0.25) is 9.59 Å². The zero-order valence-corrected chi connectivity index (χ0v) is 11.6. The number of carbonyl (C=O) groups is 2. The number of hydrogen-bond donors (Lipinski definition) is 0. The van der Waals surface area contributed by atoms with Crippen molar-refractivity contribution < 1.29 is 9.59 Å². The normalized spacial score (nSPS) is 10.2. The summed E-state index contributed by atoms with van der Waals surface area (Å²) in [6.45, 7) is 6.24. The van der Waals surface area contributed by atoms with Gasteiger partial charge in [0.05, 0.1) is 6.42 Å². The van der Waals surface area contributed by atoms with Crippen LogP contribution in [0.2, 0.25) is 0 Å². The predicted molar refractivity (Wildman–Crippen MR) is 72.6 cm³/mol. The van der Waals surface area contributed by atoms with E-state index in [4.69, 9.17) is 0 Å². The summed E-state index contributed by atoms with van der Waals surface area (Å²) in [4.78, 5) is 24.1. The lowest BCUT2D eigenvalue weighted by atomic mass is 10.0. The number of hydrogen-bond acceptors (Lipinski definition) is 2. The van der Waals surface area contributed by atoms with Gasteiger partial charge in [-0.25, -0.2) is 0 Å². The van der Waals surface area contributed by atoms with Gasteiger partial charge in [0.25, 0.3) is 0 Å². The average molecular weight is 247 g/mol. The van der Waals surface area contributed by atoms with Crippen LogP contribution in [-0.4, -0.2) is 30.2 Å². The smallest absolute Gasteiger partial charge is 0.229 e. The minimum absolute atomic E-state index is 0.00335. The Morgan fingerprint density at radius 2 is 1.89 bits per heavy atom. The summed E-state index contributed by atoms with van der Waals surface area (Å²) < 4.78 is 0. The molecule has 0 unspecified atom stereocenters. The minimum Gasteiger partial charge on any atom is -0.345 e. The minimum atomic E-state index is -0.104. The summed E-state index contributed by atoms with van der Waals surface area (Å²) in [6, 6.07) is 6.33. The molecule has 0 heterocycles. The molecule has 0 N–H and O–H groups in total. The first-order valence-corrected chi connectivity index (χ1v) is 6.19. The summed E-state index contributed by atoms with van der Waals surface area (Å²) in [6.07, 6.45) is 0.829. The Balaban J connectivity index is 2.54. The third-order valence-electron chi connectivity index (χ3n) is 3.04. The van der Waals surface area contributed by atoms with E-state index >= 15 is 0 Å². The molecule has 0 saturated carbocycles. The van der Waals surface area contributed by atoms with E-state index in [9.17, 15) is 9.59 Å². The molecule has 0 aliphatic carbocycles. The number of carbonyl (C=O) groups excluding carboxylic acids is 2. The summed E-state index contributed by atoms with van der Waals surface area (Å²) in [5, 5.41) is 0. The second kappa shape index (κ2) is 6.34. The van der Waals surface area contributed by atoms with Crippen molar-refractivity contribution in [2.45, 2.75) is 33.6 Å². The van der Waals surface area contributed by atoms with Crippen molar-refractivity contribution in [1.29, 1.82) is 0 Å². The lowest BCUT2D eigenvalue weighted by molar-refractivity contribution is -0.133. The van der Waals surface area contributed by atoms with Crippen molar-refractivity contribution in [3.8, 4) is 0 Å². The van der Waals surface area contributed by atoms with Gasteiger partial charge in [0, 0.05) is 13.6 Å². The molecule has 3 nitrogen and oxygen atoms in total. The maximum absolute atomic E-state index is 11.6. The summed E-state index contributed by atoms with van der Waals surface area (Å²) >= 11 is 0. The molecule has 1 aromatic carbocycles. The molecule has 0 atom stereocenters. The van der Waals surface area contributed by atoms with Gasteiger partial charge in [-0.2, -0.15) is 0 Å². The quantitative estimate of drug-likeness (QED) is 0.749. The van der Waals surface area contributed by atoms with Gasteiger partial charge in [-0.1, -0.05) is 23.8 Å². The van der Waals surface area contributed by atoms with Gasteiger partial charge < -0.3 is 4.90 Å². The fourth-order valence-corrected chi connectivity index (χ4v) is 1.89. The Bertz CT molecular complexity index is 452. The number of rotatable bonds is 5. The van der Waals surface area contributed by atoms with Gasteiger partial charge in [-0.15, -0.1) is 0 Å². The van der Waals surface area contributed by atoms with E-state index in [0.717, 1.165) is 6.42 Å². The van der Waals surface area contributed by atoms with Crippen LogP contribution >= 0.6 is 0 Å². The van der Waals surface area contributed by atoms with Crippen molar-refractivity contribution >= 4 is 11.7 Å². The molecule has 0 radical (unpaired) electrons. The number of amides is 1. The number of ketones is 1. The largest absolute Gasteiger partial charge is 0.345 e. The number of benzene rings is 1. The summed E-state index contributed by atoms with van der Waals surface area (Å²) in [5.74, 6) is -0.189. The molecule has 1 aromatic rings. The maximum Gasteiger partial charge on any atom is 0.229 e. The van der Waals surface area contributed by atoms with E-state index < -0.39 is 0 Å². The summed E-state index contributed by atoms with van der Waals surface area (Å²) in [7, 11) is 1.74. The molecule has 0 fully saturated rings. The molecular weight excluding hydrogens is 226 g/mol. The van der Waals surface area contributed by atoms with Gasteiger partial charge in [-0.05, 0) is 38.3 Å². The third-order valence-corrected chi connectivity index (χ3v) is 3.04. The van der Waals surface area contributed by atoms with Crippen LogP contribution in [0.3, 0.4) is 0 Å². The highest BCUT2D eigenvalue weighted by Gasteiger charge is 2.11. The monoisotopic (exact) mass is 247 g/mol. The van der Waals surface area contributed by atoms with Crippen LogP contribution in [0.15, 0.2) is 18.2 Å². The van der Waals surface area contributed by atoms with Crippen LogP contribution in [0.4, 0.5) is 0 Å². The van der Waals surface area contributed by atoms with Crippen molar-refractivity contribution in [3.05, 3.63) is 34.9 Å². The molecule has 0 aromatic heterocycles. The Kier molecular flexibility index (Phi) is 5.08. The van der Waals surface area contributed by atoms with Crippen LogP contribution in [0, 0.1) is 13.8 Å². The number of likely N-dealkylation sites (N-methyl/N-ethyl adjacent to an activating group) is 1. The summed E-state index contributed by atoms with van der Waals surface area (Å²) in [5.41, 5.74) is 3.75. The van der Waals surface area contributed by atoms with E-state index in [1.807, 2.05) is 0 Å². The molecule has 0 spiro atoms. The van der Waals surface area contributed by atoms with Gasteiger partial charge in [0.15, 0.2) is 0 Å². The lowest BCUT2D eigenvalue weighted by Gasteiger charge is -2.17. The Hall–Kier alpha value is -1.64. The van der Waals surface area contributed by atoms with Crippen molar-refractivity contribution in [1.82, 2.24) is 4.90 Å². The van der Waals surface area contributed by atoms with E-state index in [1.165, 1.54) is 23.6 Å². The number of aryl methyl sites for hydroxylation is 2. The molecule has 3 heteroatoms. The van der Waals surface area contributed by atoms with Gasteiger partial charge in [0.1, 0.15) is 5.78 Å². The molecule has 0 aliphatic rings. The highest BCUT2D eigenvalue weighted by Crippen LogP contribution is 2.11. The topological polar surface area (TPSA) is 37.4 Å². The highest BCUT2D eigenvalue weighted by atomic mass is 16.2. The highest BCUT2D eigenvalue weighted by molar-refractivity contribution is 5.96. The maximum atomic E-state index is 11.6. The molecule has 0 bridgehead atoms. The van der Waals surface area contributed by atoms with Crippen molar-refractivity contribution in [2.75, 3.05) is 13.6 Å². The SMILES string of the molecule is CC(=O)CC(=O)N(C)CCc1ccc(C)cc1C. The molecular formula is C15H21NO2. The van der Waals surface area contributed by atoms with Crippen LogP contribution in [0.5, 0.6) is 0 Å². The van der Waals surface area contributed by atoms with Gasteiger partial charge >= 0.3 is 0 Å². The molecule has 0 aliphatic heterocycles. The van der Waals surface area contributed by atoms with Crippen LogP contribution in [-0.2, 0) is 16.0 Å². The third kappa shape index (κ3) is 4.32. The van der Waals surface area contributed by atoms with E-state index in [2.05, 4.69) is 32.0 Å². The van der Waals surface area contributed by atoms with Crippen molar-refractivity contribution in [3.63, 3.8) is 0 Å². The first-order chi connectivity index (χ1) is 8.40. The average Bonchev–Trinajstić information content (AvgIpc) is 2.26. The van der Waals surface area contributed by atoms with Crippen LogP contribution < -0.4 is 0 Å². The molecule has 0 saturated heterocycles.